The van der Waals surface area contributed by atoms with Crippen molar-refractivity contribution < 1.29 is 5.76 Å². The maximum Gasteiger partial charge on any atom is 0.0785 e. The van der Waals surface area contributed by atoms with Gasteiger partial charge < -0.3 is 9.55 Å². The molecule has 2 nitrogen and oxygen atoms in total. The van der Waals surface area contributed by atoms with Crippen LogP contribution >= 0.6 is 47.8 Å². The number of fused-ring (bicyclic) bond motifs is 6. The number of alkyl halides is 1. The molecule has 1 N–H and O–H groups in total. The van der Waals surface area contributed by atoms with Crippen molar-refractivity contribution in [2.24, 2.45) is 0 Å². The summed E-state index contributed by atoms with van der Waals surface area (Å²) in [6.45, 7) is 0. The molecule has 0 atom stereocenters. The molecule has 2 heterocycles. The van der Waals surface area contributed by atoms with E-state index in [0.29, 0.717) is 0 Å². The maximum atomic E-state index is 9.96. The fraction of sp³-hybridized carbons (Fsp3) is 0.0400. The first-order valence-electron chi connectivity index (χ1n) is 18.3. The number of nitrogens with one attached hydrogen (secondary N) is 1. The standard InChI is InChI=1S/C24H16BrN.C12H8Br2.C12H9N.CH3F.CH4/c25-19-13-9-17(10-14-19)18-11-15-20(16-12-18)26-23-7-3-1-5-21(23)22-6-2-4-8-24(22)26;13-11-5-1-9(2-6-11)10-3-7-12(14)8-4-10;1-3-7-11-9(5-1)10-6-2-4-8-12(10)13-11;1-2;/h1-16H;1-8H;1-8,13H;1H3;1H4/i;;;1D;. The molecule has 0 unspecified atom stereocenters. The van der Waals surface area contributed by atoms with Gasteiger partial charge >= 0.3 is 0 Å². The second-order valence-corrected chi connectivity index (χ2v) is 15.4. The van der Waals surface area contributed by atoms with Crippen LogP contribution in [0.4, 0.5) is 4.39 Å². The zero-order valence-electron chi connectivity index (χ0n) is 30.6. The molecular formula is C50H40Br3FN2. The highest BCUT2D eigenvalue weighted by Crippen LogP contribution is 2.33. The zero-order valence-corrected chi connectivity index (χ0v) is 34.4. The van der Waals surface area contributed by atoms with Crippen molar-refractivity contribution in [2.45, 2.75) is 7.43 Å². The molecule has 0 saturated heterocycles. The molecule has 10 aromatic rings. The molecule has 0 amide bonds. The van der Waals surface area contributed by atoms with Crippen molar-refractivity contribution in [3.05, 3.63) is 208 Å². The lowest BCUT2D eigenvalue weighted by atomic mass is 10.1. The minimum absolute atomic E-state index is 0. The molecule has 8 aromatic carbocycles. The molecule has 0 bridgehead atoms. The molecule has 0 fully saturated rings. The number of aromatic amines is 1. The molecule has 0 aliphatic carbocycles. The SMILES string of the molecule is Brc1ccc(-c2ccc(-n3c4ccccc4c4ccccc43)cc2)cc1.Brc1ccc(-c2ccc(Br)cc2)cc1.C.[2H]CF.c1ccc2c(c1)[nH]c1ccccc12. The van der Waals surface area contributed by atoms with Gasteiger partial charge in [0.05, 0.1) is 19.6 Å². The molecule has 278 valence electrons. The Labute approximate surface area is 354 Å². The highest BCUT2D eigenvalue weighted by molar-refractivity contribution is 9.11. The molecule has 6 heteroatoms. The van der Waals surface area contributed by atoms with Crippen LogP contribution in [0, 0.1) is 0 Å². The number of hydrogen-bond donors (Lipinski definition) is 1. The summed E-state index contributed by atoms with van der Waals surface area (Å²) < 4.78 is 21.2. The van der Waals surface area contributed by atoms with E-state index in [1.807, 2.05) is 0 Å². The topological polar surface area (TPSA) is 20.7 Å². The van der Waals surface area contributed by atoms with Gasteiger partial charge in [0.2, 0.25) is 0 Å². The van der Waals surface area contributed by atoms with E-state index in [2.05, 4.69) is 251 Å². The van der Waals surface area contributed by atoms with Crippen molar-refractivity contribution in [3.63, 3.8) is 0 Å². The molecule has 0 aliphatic rings. The van der Waals surface area contributed by atoms with Crippen LogP contribution in [0.25, 0.3) is 71.6 Å². The lowest BCUT2D eigenvalue weighted by Gasteiger charge is -2.09. The fourth-order valence-corrected chi connectivity index (χ4v) is 7.52. The lowest BCUT2D eigenvalue weighted by Crippen LogP contribution is -1.93. The number of para-hydroxylation sites is 4. The Morgan fingerprint density at radius 3 is 1.05 bits per heavy atom. The number of aromatic nitrogens is 2. The van der Waals surface area contributed by atoms with Crippen LogP contribution in [0.15, 0.2) is 208 Å². The minimum Gasteiger partial charge on any atom is -0.355 e. The number of halogens is 4. The van der Waals surface area contributed by atoms with E-state index in [4.69, 9.17) is 1.37 Å². The van der Waals surface area contributed by atoms with Gasteiger partial charge in [-0.25, -0.2) is 0 Å². The monoisotopic (exact) mass is 925 g/mol. The first-order valence-corrected chi connectivity index (χ1v) is 20.0. The second-order valence-electron chi connectivity index (χ2n) is 12.7. The lowest BCUT2D eigenvalue weighted by molar-refractivity contribution is 0.636. The number of nitrogens with zero attached hydrogens (tertiary/aromatic N) is 1. The predicted octanol–water partition coefficient (Wildman–Crippen LogP) is 16.6. The second kappa shape index (κ2) is 19.1. The van der Waals surface area contributed by atoms with E-state index in [9.17, 15) is 4.39 Å². The van der Waals surface area contributed by atoms with Gasteiger partial charge in [0, 0.05) is 51.7 Å². The summed E-state index contributed by atoms with van der Waals surface area (Å²) in [5.74, 6) is 0. The number of H-pyrrole nitrogens is 1. The quantitative estimate of drug-likeness (QED) is 0.182. The molecule has 56 heavy (non-hydrogen) atoms. The normalized spacial score (nSPS) is 10.7. The summed E-state index contributed by atoms with van der Waals surface area (Å²) in [5.41, 5.74) is 11.0. The van der Waals surface area contributed by atoms with E-state index < -0.39 is 7.15 Å². The molecule has 0 radical (unpaired) electrons. The van der Waals surface area contributed by atoms with E-state index in [1.165, 1.54) is 71.6 Å². The Balaban J connectivity index is 0.000000150. The molecular weight excluding hydrogens is 887 g/mol. The first-order chi connectivity index (χ1) is 27.4. The fourth-order valence-electron chi connectivity index (χ4n) is 6.73. The first kappa shape index (κ1) is 39.0. The average molecular weight is 929 g/mol. The van der Waals surface area contributed by atoms with Gasteiger partial charge in [-0.15, -0.1) is 0 Å². The number of rotatable bonds is 3. The summed E-state index contributed by atoms with van der Waals surface area (Å²) in [4.78, 5) is 3.38. The van der Waals surface area contributed by atoms with Crippen LogP contribution in [-0.2, 0) is 0 Å². The third-order valence-electron chi connectivity index (χ3n) is 9.32. The maximum absolute atomic E-state index is 9.96. The van der Waals surface area contributed by atoms with Gasteiger partial charge in [-0.2, -0.15) is 0 Å². The Kier molecular flexibility index (Phi) is 13.3. The predicted molar refractivity (Wildman–Crippen MR) is 251 cm³/mol. The summed E-state index contributed by atoms with van der Waals surface area (Å²) >= 11 is 10.3. The Bertz CT molecular complexity index is 2670. The molecule has 0 aliphatic heterocycles. The molecule has 10 rings (SSSR count). The van der Waals surface area contributed by atoms with E-state index in [-0.39, 0.29) is 7.43 Å². The van der Waals surface area contributed by atoms with Gasteiger partial charge in [-0.3, -0.25) is 4.39 Å². The van der Waals surface area contributed by atoms with Crippen molar-refractivity contribution in [1.29, 1.82) is 0 Å². The third kappa shape index (κ3) is 9.05. The van der Waals surface area contributed by atoms with E-state index in [0.717, 1.165) is 13.4 Å². The minimum atomic E-state index is -1.00. The summed E-state index contributed by atoms with van der Waals surface area (Å²) in [5, 5.41) is 5.19. The van der Waals surface area contributed by atoms with Crippen molar-refractivity contribution in [1.82, 2.24) is 9.55 Å². The van der Waals surface area contributed by atoms with Crippen LogP contribution in [-0.4, -0.2) is 16.7 Å². The largest absolute Gasteiger partial charge is 0.355 e. The van der Waals surface area contributed by atoms with E-state index >= 15 is 0 Å². The van der Waals surface area contributed by atoms with Crippen molar-refractivity contribution in [2.75, 3.05) is 7.15 Å². The summed E-state index contributed by atoms with van der Waals surface area (Å²) in [6.07, 6.45) is 0. The van der Waals surface area contributed by atoms with Gasteiger partial charge in [-0.05, 0) is 95.1 Å². The van der Waals surface area contributed by atoms with Crippen LogP contribution in [0.1, 0.15) is 8.80 Å². The number of benzene rings is 8. The highest BCUT2D eigenvalue weighted by atomic mass is 79.9. The van der Waals surface area contributed by atoms with Crippen molar-refractivity contribution >= 4 is 91.4 Å². The number of hydrogen-bond acceptors (Lipinski definition) is 0. The van der Waals surface area contributed by atoms with Gasteiger partial charge in [-0.1, -0.05) is 177 Å². The van der Waals surface area contributed by atoms with Gasteiger partial charge in [0.15, 0.2) is 0 Å². The molecule has 2 aromatic heterocycles. The van der Waals surface area contributed by atoms with Crippen molar-refractivity contribution in [3.8, 4) is 27.9 Å². The van der Waals surface area contributed by atoms with Gasteiger partial charge in [0.25, 0.3) is 0 Å². The highest BCUT2D eigenvalue weighted by Gasteiger charge is 2.11. The molecule has 0 saturated carbocycles. The van der Waals surface area contributed by atoms with Crippen LogP contribution in [0.2, 0.25) is 0 Å². The average Bonchev–Trinajstić information content (AvgIpc) is 3.79. The smallest absolute Gasteiger partial charge is 0.0785 e. The Hall–Kier alpha value is -5.27. The summed E-state index contributed by atoms with van der Waals surface area (Å²) in [6, 6.07) is 67.8. The van der Waals surface area contributed by atoms with Crippen LogP contribution < -0.4 is 0 Å². The van der Waals surface area contributed by atoms with Crippen LogP contribution in [0.5, 0.6) is 0 Å². The third-order valence-corrected chi connectivity index (χ3v) is 10.9. The summed E-state index contributed by atoms with van der Waals surface area (Å²) in [7, 11) is -1.00. The zero-order chi connectivity index (χ0) is 38.9. The van der Waals surface area contributed by atoms with Gasteiger partial charge in [0.1, 0.15) is 0 Å². The van der Waals surface area contributed by atoms with E-state index in [1.54, 1.807) is 0 Å². The Morgan fingerprint density at radius 1 is 0.411 bits per heavy atom. The van der Waals surface area contributed by atoms with Crippen LogP contribution in [0.3, 0.4) is 0 Å². The Morgan fingerprint density at radius 2 is 0.696 bits per heavy atom. The molecule has 0 spiro atoms.